The van der Waals surface area contributed by atoms with E-state index in [9.17, 15) is 18.8 Å². The zero-order chi connectivity index (χ0) is 18.9. The van der Waals surface area contributed by atoms with Gasteiger partial charge in [-0.2, -0.15) is 0 Å². The molecule has 26 heavy (non-hydrogen) atoms. The molecule has 136 valence electrons. The van der Waals surface area contributed by atoms with Crippen molar-refractivity contribution in [3.63, 3.8) is 0 Å². The van der Waals surface area contributed by atoms with Crippen LogP contribution in [0.15, 0.2) is 42.5 Å². The van der Waals surface area contributed by atoms with Gasteiger partial charge in [-0.25, -0.2) is 9.18 Å². The first kappa shape index (κ1) is 18.9. The third kappa shape index (κ3) is 5.59. The Morgan fingerprint density at radius 1 is 1.08 bits per heavy atom. The van der Waals surface area contributed by atoms with Crippen LogP contribution in [0.3, 0.4) is 0 Å². The molecule has 0 saturated heterocycles. The van der Waals surface area contributed by atoms with Gasteiger partial charge in [-0.05, 0) is 42.5 Å². The lowest BCUT2D eigenvalue weighted by Gasteiger charge is -2.11. The molecule has 2 rings (SSSR count). The summed E-state index contributed by atoms with van der Waals surface area (Å²) in [6, 6.07) is 9.60. The first-order chi connectivity index (χ1) is 12.5. The molecule has 0 heterocycles. The zero-order valence-corrected chi connectivity index (χ0v) is 13.9. The number of hydrogen-bond donors (Lipinski definition) is 1. The number of benzene rings is 2. The van der Waals surface area contributed by atoms with Gasteiger partial charge in [-0.15, -0.1) is 0 Å². The number of rotatable bonds is 8. The Hall–Kier alpha value is -3.42. The van der Waals surface area contributed by atoms with Gasteiger partial charge in [0, 0.05) is 11.3 Å². The maximum absolute atomic E-state index is 12.8. The largest absolute Gasteiger partial charge is 0.493 e. The highest BCUT2D eigenvalue weighted by Crippen LogP contribution is 2.27. The van der Waals surface area contributed by atoms with Gasteiger partial charge in [0.25, 0.3) is 5.91 Å². The van der Waals surface area contributed by atoms with Crippen molar-refractivity contribution in [1.82, 2.24) is 0 Å². The summed E-state index contributed by atoms with van der Waals surface area (Å²) in [4.78, 5) is 34.1. The highest BCUT2D eigenvalue weighted by molar-refractivity contribution is 5.92. The molecular formula is C18H16FNO6. The van der Waals surface area contributed by atoms with Crippen LogP contribution < -0.4 is 14.8 Å². The Balaban J connectivity index is 1.79. The fraction of sp³-hybridized carbons (Fsp3) is 0.167. The van der Waals surface area contributed by atoms with E-state index in [1.165, 1.54) is 49.6 Å². The Morgan fingerprint density at radius 2 is 1.81 bits per heavy atom. The van der Waals surface area contributed by atoms with Gasteiger partial charge >= 0.3 is 5.97 Å². The van der Waals surface area contributed by atoms with E-state index in [0.717, 1.165) is 0 Å². The van der Waals surface area contributed by atoms with Crippen LogP contribution in [0.1, 0.15) is 10.4 Å². The highest BCUT2D eigenvalue weighted by atomic mass is 19.1. The molecule has 1 N–H and O–H groups in total. The molecule has 0 aliphatic rings. The van der Waals surface area contributed by atoms with Crippen LogP contribution in [-0.2, 0) is 14.3 Å². The first-order valence-corrected chi connectivity index (χ1v) is 7.49. The van der Waals surface area contributed by atoms with Gasteiger partial charge in [-0.3, -0.25) is 9.59 Å². The van der Waals surface area contributed by atoms with Crippen LogP contribution in [-0.4, -0.2) is 38.5 Å². The number of carbonyl (C=O) groups excluding carboxylic acids is 3. The minimum absolute atomic E-state index is 0.255. The molecule has 0 aromatic heterocycles. The molecule has 0 aliphatic carbocycles. The summed E-state index contributed by atoms with van der Waals surface area (Å²) in [5, 5.41) is 2.45. The van der Waals surface area contributed by atoms with Gasteiger partial charge < -0.3 is 19.5 Å². The first-order valence-electron chi connectivity index (χ1n) is 7.49. The van der Waals surface area contributed by atoms with E-state index >= 15 is 0 Å². The standard InChI is InChI=1S/C18H16FNO6/c1-24-16-8-12(9-21)2-7-15(16)25-11-18(23)26-10-17(22)20-14-5-3-13(19)4-6-14/h2-9H,10-11H2,1H3,(H,20,22). The van der Waals surface area contributed by atoms with Gasteiger partial charge in [0.15, 0.2) is 24.7 Å². The highest BCUT2D eigenvalue weighted by Gasteiger charge is 2.11. The molecule has 0 fully saturated rings. The summed E-state index contributed by atoms with van der Waals surface area (Å²) in [6.07, 6.45) is 0.653. The van der Waals surface area contributed by atoms with Crippen molar-refractivity contribution < 1.29 is 33.0 Å². The lowest BCUT2D eigenvalue weighted by atomic mass is 10.2. The molecule has 2 aromatic rings. The lowest BCUT2D eigenvalue weighted by Crippen LogP contribution is -2.23. The Kier molecular flexibility index (Phi) is 6.67. The van der Waals surface area contributed by atoms with Crippen molar-refractivity contribution >= 4 is 23.9 Å². The SMILES string of the molecule is COc1cc(C=O)ccc1OCC(=O)OCC(=O)Nc1ccc(F)cc1. The normalized spacial score (nSPS) is 9.92. The average Bonchev–Trinajstić information content (AvgIpc) is 2.66. The number of ether oxygens (including phenoxy) is 3. The van der Waals surface area contributed by atoms with Gasteiger partial charge in [0.1, 0.15) is 12.1 Å². The van der Waals surface area contributed by atoms with Gasteiger partial charge in [0.05, 0.1) is 7.11 Å². The van der Waals surface area contributed by atoms with Crippen molar-refractivity contribution in [3.8, 4) is 11.5 Å². The second-order valence-corrected chi connectivity index (χ2v) is 5.03. The predicted molar refractivity (Wildman–Crippen MR) is 89.9 cm³/mol. The Labute approximate surface area is 148 Å². The summed E-state index contributed by atoms with van der Waals surface area (Å²) in [6.45, 7) is -0.957. The molecule has 7 nitrogen and oxygen atoms in total. The average molecular weight is 361 g/mol. The Bertz CT molecular complexity index is 791. The molecule has 0 bridgehead atoms. The van der Waals surface area contributed by atoms with E-state index in [1.807, 2.05) is 0 Å². The third-order valence-electron chi connectivity index (χ3n) is 3.16. The zero-order valence-electron chi connectivity index (χ0n) is 13.9. The molecular weight excluding hydrogens is 345 g/mol. The molecule has 8 heteroatoms. The lowest BCUT2D eigenvalue weighted by molar-refractivity contribution is -0.149. The molecule has 0 atom stereocenters. The summed E-state index contributed by atoms with van der Waals surface area (Å²) in [5.41, 5.74) is 0.776. The second-order valence-electron chi connectivity index (χ2n) is 5.03. The third-order valence-corrected chi connectivity index (χ3v) is 3.16. The number of carbonyl (C=O) groups is 3. The molecule has 1 amide bonds. The van der Waals surface area contributed by atoms with Gasteiger partial charge in [0.2, 0.25) is 0 Å². The molecule has 0 aliphatic heterocycles. The van der Waals surface area contributed by atoms with Crippen molar-refractivity contribution in [2.24, 2.45) is 0 Å². The van der Waals surface area contributed by atoms with Crippen LogP contribution in [0, 0.1) is 5.82 Å². The van der Waals surface area contributed by atoms with Crippen molar-refractivity contribution in [3.05, 3.63) is 53.8 Å². The van der Waals surface area contributed by atoms with Crippen LogP contribution in [0.5, 0.6) is 11.5 Å². The van der Waals surface area contributed by atoms with Crippen LogP contribution >= 0.6 is 0 Å². The van der Waals surface area contributed by atoms with Crippen molar-refractivity contribution in [1.29, 1.82) is 0 Å². The number of anilines is 1. The molecule has 0 spiro atoms. The van der Waals surface area contributed by atoms with Gasteiger partial charge in [-0.1, -0.05) is 0 Å². The number of halogens is 1. The summed E-state index contributed by atoms with van der Waals surface area (Å²) >= 11 is 0. The van der Waals surface area contributed by atoms with E-state index in [2.05, 4.69) is 5.32 Å². The van der Waals surface area contributed by atoms with Crippen LogP contribution in [0.25, 0.3) is 0 Å². The van der Waals surface area contributed by atoms with E-state index in [-0.39, 0.29) is 11.5 Å². The summed E-state index contributed by atoms with van der Waals surface area (Å²) in [7, 11) is 1.40. The molecule has 0 saturated carbocycles. The fourth-order valence-corrected chi connectivity index (χ4v) is 1.93. The number of amides is 1. The van der Waals surface area contributed by atoms with Crippen LogP contribution in [0.2, 0.25) is 0 Å². The predicted octanol–water partition coefficient (Wildman–Crippen LogP) is 2.21. The quantitative estimate of drug-likeness (QED) is 0.573. The van der Waals surface area contributed by atoms with E-state index in [1.54, 1.807) is 0 Å². The number of methoxy groups -OCH3 is 1. The van der Waals surface area contributed by atoms with E-state index in [0.29, 0.717) is 17.5 Å². The summed E-state index contributed by atoms with van der Waals surface area (Å²) < 4.78 is 27.9. The minimum Gasteiger partial charge on any atom is -0.493 e. The van der Waals surface area contributed by atoms with E-state index < -0.39 is 30.9 Å². The topological polar surface area (TPSA) is 90.9 Å². The minimum atomic E-state index is -0.763. The van der Waals surface area contributed by atoms with Crippen molar-refractivity contribution in [2.75, 3.05) is 25.6 Å². The maximum Gasteiger partial charge on any atom is 0.344 e. The number of nitrogens with one attached hydrogen (secondary N) is 1. The van der Waals surface area contributed by atoms with Crippen LogP contribution in [0.4, 0.5) is 10.1 Å². The molecule has 2 aromatic carbocycles. The second kappa shape index (κ2) is 9.16. The monoisotopic (exact) mass is 361 g/mol. The van der Waals surface area contributed by atoms with Crippen molar-refractivity contribution in [2.45, 2.75) is 0 Å². The summed E-state index contributed by atoms with van der Waals surface area (Å²) in [5.74, 6) is -1.22. The number of esters is 1. The smallest absolute Gasteiger partial charge is 0.344 e. The van der Waals surface area contributed by atoms with E-state index in [4.69, 9.17) is 14.2 Å². The molecule has 0 radical (unpaired) electrons. The maximum atomic E-state index is 12.8. The Morgan fingerprint density at radius 3 is 2.46 bits per heavy atom. The molecule has 0 unspecified atom stereocenters. The fourth-order valence-electron chi connectivity index (χ4n) is 1.93. The number of aldehydes is 1. The number of hydrogen-bond acceptors (Lipinski definition) is 6.